The van der Waals surface area contributed by atoms with E-state index in [2.05, 4.69) is 21.2 Å². The van der Waals surface area contributed by atoms with E-state index in [1.807, 2.05) is 31.2 Å². The third-order valence-electron chi connectivity index (χ3n) is 1.92. The lowest BCUT2D eigenvalue weighted by Gasteiger charge is -2.12. The van der Waals surface area contributed by atoms with Gasteiger partial charge in [-0.1, -0.05) is 28.1 Å². The summed E-state index contributed by atoms with van der Waals surface area (Å²) in [4.78, 5) is 10.2. The molecule has 0 heterocycles. The van der Waals surface area contributed by atoms with Crippen LogP contribution in [0.3, 0.4) is 0 Å². The number of nitrogens with one attached hydrogen (secondary N) is 1. The predicted octanol–water partition coefficient (Wildman–Crippen LogP) is 2.70. The van der Waals surface area contributed by atoms with Gasteiger partial charge < -0.3 is 10.4 Å². The number of carbonyl (C=O) groups is 1. The molecule has 0 amide bonds. The lowest BCUT2D eigenvalue weighted by molar-refractivity contribution is -0.131. The van der Waals surface area contributed by atoms with Crippen molar-refractivity contribution < 1.29 is 9.90 Å². The number of aliphatic carboxylic acids is 1. The van der Waals surface area contributed by atoms with E-state index in [-0.39, 0.29) is 6.04 Å². The standard InChI is InChI=1S/C11H12BrNO2/c1-8(13-6-5-11(14)15)9-3-2-4-10(12)7-9/h2-8,13H,1H3,(H,14,15)/b6-5+. The van der Waals surface area contributed by atoms with Gasteiger partial charge in [0.1, 0.15) is 0 Å². The molecule has 0 bridgehead atoms. The Morgan fingerprint density at radius 3 is 2.93 bits per heavy atom. The summed E-state index contributed by atoms with van der Waals surface area (Å²) in [5.74, 6) is -0.955. The van der Waals surface area contributed by atoms with Crippen molar-refractivity contribution >= 4 is 21.9 Å². The molecule has 0 saturated carbocycles. The van der Waals surface area contributed by atoms with E-state index < -0.39 is 5.97 Å². The van der Waals surface area contributed by atoms with Crippen LogP contribution >= 0.6 is 15.9 Å². The third kappa shape index (κ3) is 4.16. The first-order valence-electron chi connectivity index (χ1n) is 4.50. The lowest BCUT2D eigenvalue weighted by atomic mass is 10.1. The summed E-state index contributed by atoms with van der Waals surface area (Å²) in [6.07, 6.45) is 2.52. The van der Waals surface area contributed by atoms with Crippen LogP contribution in [0.25, 0.3) is 0 Å². The Balaban J connectivity index is 2.61. The number of hydrogen-bond donors (Lipinski definition) is 2. The fourth-order valence-electron chi connectivity index (χ4n) is 1.14. The van der Waals surface area contributed by atoms with E-state index in [9.17, 15) is 4.79 Å². The molecule has 1 atom stereocenters. The van der Waals surface area contributed by atoms with Crippen molar-refractivity contribution in [3.8, 4) is 0 Å². The molecule has 4 heteroatoms. The number of carboxylic acid groups (broad SMARTS) is 1. The van der Waals surface area contributed by atoms with E-state index in [0.717, 1.165) is 16.1 Å². The Kier molecular flexibility index (Phi) is 4.37. The summed E-state index contributed by atoms with van der Waals surface area (Å²) in [6, 6.07) is 7.95. The summed E-state index contributed by atoms with van der Waals surface area (Å²) in [5, 5.41) is 11.4. The van der Waals surface area contributed by atoms with Gasteiger partial charge >= 0.3 is 5.97 Å². The van der Waals surface area contributed by atoms with Crippen molar-refractivity contribution in [3.63, 3.8) is 0 Å². The van der Waals surface area contributed by atoms with Crippen LogP contribution in [0.2, 0.25) is 0 Å². The van der Waals surface area contributed by atoms with E-state index in [1.165, 1.54) is 6.20 Å². The maximum atomic E-state index is 10.2. The maximum absolute atomic E-state index is 10.2. The van der Waals surface area contributed by atoms with Crippen LogP contribution in [0.15, 0.2) is 41.0 Å². The molecule has 0 spiro atoms. The second-order valence-corrected chi connectivity index (χ2v) is 4.03. The topological polar surface area (TPSA) is 49.3 Å². The van der Waals surface area contributed by atoms with E-state index in [4.69, 9.17) is 5.11 Å². The van der Waals surface area contributed by atoms with Crippen LogP contribution in [0.4, 0.5) is 0 Å². The molecule has 1 unspecified atom stereocenters. The molecular weight excluding hydrogens is 258 g/mol. The maximum Gasteiger partial charge on any atom is 0.329 e. The van der Waals surface area contributed by atoms with Gasteiger partial charge in [-0.3, -0.25) is 0 Å². The van der Waals surface area contributed by atoms with Gasteiger partial charge in [0.15, 0.2) is 0 Å². The highest BCUT2D eigenvalue weighted by molar-refractivity contribution is 9.10. The highest BCUT2D eigenvalue weighted by Crippen LogP contribution is 2.17. The Morgan fingerprint density at radius 2 is 2.33 bits per heavy atom. The fraction of sp³-hybridized carbons (Fsp3) is 0.182. The molecule has 1 rings (SSSR count). The van der Waals surface area contributed by atoms with Gasteiger partial charge in [0.05, 0.1) is 0 Å². The van der Waals surface area contributed by atoms with Crippen LogP contribution < -0.4 is 5.32 Å². The molecule has 0 fully saturated rings. The van der Waals surface area contributed by atoms with Crippen molar-refractivity contribution in [1.29, 1.82) is 0 Å². The minimum Gasteiger partial charge on any atom is -0.478 e. The quantitative estimate of drug-likeness (QED) is 0.827. The number of benzene rings is 1. The third-order valence-corrected chi connectivity index (χ3v) is 2.41. The normalized spacial score (nSPS) is 12.7. The second kappa shape index (κ2) is 5.56. The Labute approximate surface area is 96.9 Å². The first-order valence-corrected chi connectivity index (χ1v) is 5.30. The van der Waals surface area contributed by atoms with Crippen molar-refractivity contribution in [2.45, 2.75) is 13.0 Å². The Bertz CT molecular complexity index is 377. The summed E-state index contributed by atoms with van der Waals surface area (Å²) in [5.41, 5.74) is 1.10. The largest absolute Gasteiger partial charge is 0.478 e. The van der Waals surface area contributed by atoms with Crippen LogP contribution in [-0.2, 0) is 4.79 Å². The summed E-state index contributed by atoms with van der Waals surface area (Å²) in [7, 11) is 0. The number of carboxylic acids is 1. The van der Waals surface area contributed by atoms with Gasteiger partial charge in [-0.15, -0.1) is 0 Å². The molecule has 0 aliphatic heterocycles. The number of halogens is 1. The molecule has 0 aliphatic rings. The minimum absolute atomic E-state index is 0.0816. The van der Waals surface area contributed by atoms with Gasteiger partial charge in [-0.2, -0.15) is 0 Å². The summed E-state index contributed by atoms with van der Waals surface area (Å²) in [6.45, 7) is 1.97. The van der Waals surface area contributed by atoms with E-state index in [0.29, 0.717) is 0 Å². The first kappa shape index (κ1) is 11.8. The lowest BCUT2D eigenvalue weighted by Crippen LogP contribution is -2.12. The zero-order valence-corrected chi connectivity index (χ0v) is 9.86. The molecule has 0 aliphatic carbocycles. The summed E-state index contributed by atoms with van der Waals surface area (Å²) >= 11 is 3.38. The average molecular weight is 270 g/mol. The van der Waals surface area contributed by atoms with Gasteiger partial charge in [0.2, 0.25) is 0 Å². The molecule has 1 aromatic rings. The van der Waals surface area contributed by atoms with Gasteiger partial charge in [-0.25, -0.2) is 4.79 Å². The van der Waals surface area contributed by atoms with E-state index in [1.54, 1.807) is 0 Å². The first-order chi connectivity index (χ1) is 7.09. The molecule has 1 aromatic carbocycles. The second-order valence-electron chi connectivity index (χ2n) is 3.11. The summed E-state index contributed by atoms with van der Waals surface area (Å²) < 4.78 is 1.01. The molecule has 0 radical (unpaired) electrons. The van der Waals surface area contributed by atoms with Gasteiger partial charge in [0.25, 0.3) is 0 Å². The zero-order valence-electron chi connectivity index (χ0n) is 8.27. The Morgan fingerprint density at radius 1 is 1.60 bits per heavy atom. The van der Waals surface area contributed by atoms with Crippen molar-refractivity contribution in [3.05, 3.63) is 46.6 Å². The smallest absolute Gasteiger partial charge is 0.329 e. The Hall–Kier alpha value is -1.29. The molecule has 80 valence electrons. The molecular formula is C11H12BrNO2. The minimum atomic E-state index is -0.955. The molecule has 15 heavy (non-hydrogen) atoms. The van der Waals surface area contributed by atoms with Crippen molar-refractivity contribution in [1.82, 2.24) is 5.32 Å². The molecule has 0 aromatic heterocycles. The molecule has 0 saturated heterocycles. The van der Waals surface area contributed by atoms with Crippen molar-refractivity contribution in [2.24, 2.45) is 0 Å². The zero-order chi connectivity index (χ0) is 11.3. The van der Waals surface area contributed by atoms with E-state index >= 15 is 0 Å². The highest BCUT2D eigenvalue weighted by Gasteiger charge is 2.02. The molecule has 3 nitrogen and oxygen atoms in total. The SMILES string of the molecule is CC(N/C=C/C(=O)O)c1cccc(Br)c1. The molecule has 2 N–H and O–H groups in total. The fourth-order valence-corrected chi connectivity index (χ4v) is 1.55. The van der Waals surface area contributed by atoms with Crippen molar-refractivity contribution in [2.75, 3.05) is 0 Å². The number of rotatable bonds is 4. The van der Waals surface area contributed by atoms with Crippen LogP contribution in [-0.4, -0.2) is 11.1 Å². The van der Waals surface area contributed by atoms with Gasteiger partial charge in [0, 0.05) is 22.8 Å². The predicted molar refractivity (Wildman–Crippen MR) is 62.5 cm³/mol. The van der Waals surface area contributed by atoms with Gasteiger partial charge in [-0.05, 0) is 24.6 Å². The van der Waals surface area contributed by atoms with Crippen LogP contribution in [0, 0.1) is 0 Å². The monoisotopic (exact) mass is 269 g/mol. The number of hydrogen-bond acceptors (Lipinski definition) is 2. The van der Waals surface area contributed by atoms with Crippen LogP contribution in [0.5, 0.6) is 0 Å². The average Bonchev–Trinajstić information content (AvgIpc) is 2.17. The highest BCUT2D eigenvalue weighted by atomic mass is 79.9. The van der Waals surface area contributed by atoms with Crippen LogP contribution in [0.1, 0.15) is 18.5 Å².